The normalized spacial score (nSPS) is 16.6. The Hall–Kier alpha value is -2.03. The molecule has 26 heavy (non-hydrogen) atoms. The van der Waals surface area contributed by atoms with E-state index in [1.165, 1.54) is 41.7 Å². The number of nitrogens with zero attached hydrogens (tertiary/aromatic N) is 2. The number of halogens is 2. The number of ether oxygens (including phenoxy) is 1. The van der Waals surface area contributed by atoms with E-state index in [2.05, 4.69) is 0 Å². The molecule has 0 saturated carbocycles. The van der Waals surface area contributed by atoms with Crippen molar-refractivity contribution in [1.82, 2.24) is 9.21 Å². The first kappa shape index (κ1) is 18.8. The van der Waals surface area contributed by atoms with E-state index in [1.807, 2.05) is 4.90 Å². The van der Waals surface area contributed by atoms with Crippen LogP contribution in [0.4, 0.5) is 8.78 Å². The van der Waals surface area contributed by atoms with Crippen molar-refractivity contribution >= 4 is 10.0 Å². The first-order chi connectivity index (χ1) is 12.4. The minimum atomic E-state index is -3.86. The molecule has 2 aromatic carbocycles. The summed E-state index contributed by atoms with van der Waals surface area (Å²) in [5.41, 5.74) is 0.706. The number of methoxy groups -OCH3 is 1. The van der Waals surface area contributed by atoms with Gasteiger partial charge in [0.2, 0.25) is 10.0 Å². The number of benzene rings is 2. The fourth-order valence-electron chi connectivity index (χ4n) is 3.03. The van der Waals surface area contributed by atoms with Crippen LogP contribution in [0.2, 0.25) is 0 Å². The summed E-state index contributed by atoms with van der Waals surface area (Å²) in [4.78, 5) is 1.71. The zero-order valence-corrected chi connectivity index (χ0v) is 15.2. The van der Waals surface area contributed by atoms with Crippen LogP contribution in [0.25, 0.3) is 0 Å². The van der Waals surface area contributed by atoms with E-state index < -0.39 is 15.8 Å². The van der Waals surface area contributed by atoms with Crippen molar-refractivity contribution in [3.05, 3.63) is 59.7 Å². The summed E-state index contributed by atoms with van der Waals surface area (Å²) in [6, 6.07) is 9.70. The van der Waals surface area contributed by atoms with E-state index in [-0.39, 0.29) is 23.8 Å². The van der Waals surface area contributed by atoms with Crippen molar-refractivity contribution < 1.29 is 21.9 Å². The molecule has 0 atom stereocenters. The highest BCUT2D eigenvalue weighted by Crippen LogP contribution is 2.24. The molecule has 0 aliphatic carbocycles. The van der Waals surface area contributed by atoms with Crippen LogP contribution in [0.5, 0.6) is 5.75 Å². The van der Waals surface area contributed by atoms with E-state index in [0.717, 1.165) is 6.07 Å². The summed E-state index contributed by atoms with van der Waals surface area (Å²) in [5, 5.41) is 0. The van der Waals surface area contributed by atoms with Crippen molar-refractivity contribution in [1.29, 1.82) is 0 Å². The van der Waals surface area contributed by atoms with Gasteiger partial charge in [0.15, 0.2) is 0 Å². The van der Waals surface area contributed by atoms with Gasteiger partial charge in [0.25, 0.3) is 0 Å². The molecule has 8 heteroatoms. The van der Waals surface area contributed by atoms with Gasteiger partial charge in [-0.05, 0) is 30.3 Å². The maximum atomic E-state index is 13.9. The smallest absolute Gasteiger partial charge is 0.246 e. The molecule has 0 N–H and O–H groups in total. The summed E-state index contributed by atoms with van der Waals surface area (Å²) < 4.78 is 59.1. The molecule has 5 nitrogen and oxygen atoms in total. The van der Waals surface area contributed by atoms with Crippen LogP contribution >= 0.6 is 0 Å². The number of sulfonamides is 1. The van der Waals surface area contributed by atoms with Gasteiger partial charge in [-0.15, -0.1) is 0 Å². The Morgan fingerprint density at radius 1 is 1.04 bits per heavy atom. The Morgan fingerprint density at radius 3 is 2.38 bits per heavy atom. The van der Waals surface area contributed by atoms with Crippen LogP contribution in [0.3, 0.4) is 0 Å². The highest BCUT2D eigenvalue weighted by Gasteiger charge is 2.30. The number of rotatable bonds is 5. The molecule has 0 bridgehead atoms. The lowest BCUT2D eigenvalue weighted by Crippen LogP contribution is -2.48. The molecule has 0 amide bonds. The second-order valence-electron chi connectivity index (χ2n) is 6.07. The lowest BCUT2D eigenvalue weighted by molar-refractivity contribution is 0.179. The van der Waals surface area contributed by atoms with Gasteiger partial charge in [0, 0.05) is 38.3 Å². The number of hydrogen-bond donors (Lipinski definition) is 0. The molecular formula is C18H20F2N2O3S. The van der Waals surface area contributed by atoms with E-state index in [9.17, 15) is 17.2 Å². The first-order valence-corrected chi connectivity index (χ1v) is 9.65. The van der Waals surface area contributed by atoms with Gasteiger partial charge < -0.3 is 4.74 Å². The zero-order chi connectivity index (χ0) is 18.7. The Kier molecular flexibility index (Phi) is 5.55. The Labute approximate surface area is 151 Å². The molecule has 1 heterocycles. The monoisotopic (exact) mass is 382 g/mol. The second-order valence-corrected chi connectivity index (χ2v) is 7.97. The lowest BCUT2D eigenvalue weighted by Gasteiger charge is -2.34. The summed E-state index contributed by atoms with van der Waals surface area (Å²) in [5.74, 6) is -0.506. The maximum absolute atomic E-state index is 13.9. The molecule has 1 saturated heterocycles. The highest BCUT2D eigenvalue weighted by molar-refractivity contribution is 7.89. The fraction of sp³-hybridized carbons (Fsp3) is 0.333. The fourth-order valence-corrected chi connectivity index (χ4v) is 4.52. The Bertz CT molecular complexity index is 882. The molecule has 1 aliphatic heterocycles. The van der Waals surface area contributed by atoms with Gasteiger partial charge in [0.05, 0.1) is 7.11 Å². The molecule has 140 valence electrons. The van der Waals surface area contributed by atoms with Gasteiger partial charge in [-0.2, -0.15) is 4.31 Å². The standard InChI is InChI=1S/C18H20F2N2O3S/c1-25-17-7-6-15(19)12-14(17)13-21-8-10-22(11-9-21)26(23,24)18-5-3-2-4-16(18)20/h2-7,12H,8-11,13H2,1H3. The molecule has 0 radical (unpaired) electrons. The molecule has 0 unspecified atom stereocenters. The largest absolute Gasteiger partial charge is 0.496 e. The van der Waals surface area contributed by atoms with E-state index in [1.54, 1.807) is 6.07 Å². The second kappa shape index (κ2) is 7.69. The third-order valence-corrected chi connectivity index (χ3v) is 6.35. The van der Waals surface area contributed by atoms with Crippen molar-refractivity contribution in [2.24, 2.45) is 0 Å². The number of hydrogen-bond acceptors (Lipinski definition) is 4. The molecular weight excluding hydrogens is 362 g/mol. The Morgan fingerprint density at radius 2 is 1.73 bits per heavy atom. The molecule has 1 fully saturated rings. The summed E-state index contributed by atoms with van der Waals surface area (Å²) in [6.07, 6.45) is 0. The number of piperazine rings is 1. The van der Waals surface area contributed by atoms with Gasteiger partial charge in [-0.1, -0.05) is 12.1 Å². The quantitative estimate of drug-likeness (QED) is 0.797. The van der Waals surface area contributed by atoms with Gasteiger partial charge in [0.1, 0.15) is 22.3 Å². The predicted octanol–water partition coefficient (Wildman–Crippen LogP) is 2.48. The van der Waals surface area contributed by atoms with Gasteiger partial charge >= 0.3 is 0 Å². The van der Waals surface area contributed by atoms with Crippen LogP contribution in [-0.2, 0) is 16.6 Å². The van der Waals surface area contributed by atoms with Crippen LogP contribution < -0.4 is 4.74 Å². The molecule has 3 rings (SSSR count). The van der Waals surface area contributed by atoms with Crippen LogP contribution in [0.15, 0.2) is 47.4 Å². The third-order valence-electron chi connectivity index (χ3n) is 4.42. The molecule has 0 spiro atoms. The van der Waals surface area contributed by atoms with E-state index in [0.29, 0.717) is 30.9 Å². The third kappa shape index (κ3) is 3.87. The zero-order valence-electron chi connectivity index (χ0n) is 14.4. The average molecular weight is 382 g/mol. The van der Waals surface area contributed by atoms with Gasteiger partial charge in [-0.25, -0.2) is 17.2 Å². The maximum Gasteiger partial charge on any atom is 0.246 e. The Balaban J connectivity index is 1.68. The highest BCUT2D eigenvalue weighted by atomic mass is 32.2. The minimum absolute atomic E-state index is 0.244. The average Bonchev–Trinajstić information content (AvgIpc) is 2.62. The van der Waals surface area contributed by atoms with Crippen molar-refractivity contribution in [2.45, 2.75) is 11.4 Å². The predicted molar refractivity (Wildman–Crippen MR) is 93.4 cm³/mol. The minimum Gasteiger partial charge on any atom is -0.496 e. The molecule has 1 aliphatic rings. The van der Waals surface area contributed by atoms with E-state index >= 15 is 0 Å². The van der Waals surface area contributed by atoms with Crippen LogP contribution in [-0.4, -0.2) is 50.9 Å². The van der Waals surface area contributed by atoms with Crippen LogP contribution in [0.1, 0.15) is 5.56 Å². The van der Waals surface area contributed by atoms with Crippen molar-refractivity contribution in [3.63, 3.8) is 0 Å². The topological polar surface area (TPSA) is 49.9 Å². The van der Waals surface area contributed by atoms with Crippen molar-refractivity contribution in [2.75, 3.05) is 33.3 Å². The van der Waals surface area contributed by atoms with Crippen LogP contribution in [0, 0.1) is 11.6 Å². The van der Waals surface area contributed by atoms with Gasteiger partial charge in [-0.3, -0.25) is 4.90 Å². The molecule has 2 aromatic rings. The molecule has 0 aromatic heterocycles. The first-order valence-electron chi connectivity index (χ1n) is 8.21. The lowest BCUT2D eigenvalue weighted by atomic mass is 10.1. The summed E-state index contributed by atoms with van der Waals surface area (Å²) in [7, 11) is -2.34. The SMILES string of the molecule is COc1ccc(F)cc1CN1CCN(S(=O)(=O)c2ccccc2F)CC1. The summed E-state index contributed by atoms with van der Waals surface area (Å²) >= 11 is 0. The summed E-state index contributed by atoms with van der Waals surface area (Å²) in [6.45, 7) is 1.87. The van der Waals surface area contributed by atoms with E-state index in [4.69, 9.17) is 4.74 Å². The van der Waals surface area contributed by atoms with Crippen molar-refractivity contribution in [3.8, 4) is 5.75 Å².